The van der Waals surface area contributed by atoms with Gasteiger partial charge in [-0.15, -0.1) is 0 Å². The first-order valence-electron chi connectivity index (χ1n) is 4.18. The van der Waals surface area contributed by atoms with Gasteiger partial charge in [-0.2, -0.15) is 0 Å². The molecule has 1 aliphatic rings. The molecule has 0 aromatic heterocycles. The summed E-state index contributed by atoms with van der Waals surface area (Å²) >= 11 is 0. The van der Waals surface area contributed by atoms with Crippen molar-refractivity contribution in [3.05, 3.63) is 12.0 Å². The van der Waals surface area contributed by atoms with Crippen molar-refractivity contribution in [3.8, 4) is 0 Å². The van der Waals surface area contributed by atoms with Gasteiger partial charge in [-0.25, -0.2) is 4.39 Å². The minimum Gasteiger partial charge on any atom is -0.378 e. The van der Waals surface area contributed by atoms with Crippen molar-refractivity contribution >= 4 is 0 Å². The average molecular weight is 157 g/mol. The van der Waals surface area contributed by atoms with E-state index in [9.17, 15) is 4.39 Å². The second-order valence-corrected chi connectivity index (χ2v) is 3.63. The van der Waals surface area contributed by atoms with E-state index in [4.69, 9.17) is 0 Å². The molecule has 64 valence electrons. The number of rotatable bonds is 1. The maximum atomic E-state index is 13.2. The molecule has 0 radical (unpaired) electrons. The van der Waals surface area contributed by atoms with E-state index in [1.807, 2.05) is 11.9 Å². The van der Waals surface area contributed by atoms with Gasteiger partial charge in [-0.1, -0.05) is 13.8 Å². The van der Waals surface area contributed by atoms with Crippen molar-refractivity contribution in [1.82, 2.24) is 4.90 Å². The SMILES string of the molecule is CC(C)C1CCN(C)C=C1F. The molecule has 0 N–H and O–H groups in total. The lowest BCUT2D eigenvalue weighted by Crippen LogP contribution is -2.25. The van der Waals surface area contributed by atoms with E-state index in [1.54, 1.807) is 6.20 Å². The molecule has 0 bridgehead atoms. The first kappa shape index (κ1) is 8.57. The third kappa shape index (κ3) is 1.95. The highest BCUT2D eigenvalue weighted by Gasteiger charge is 2.22. The van der Waals surface area contributed by atoms with Gasteiger partial charge in [0.1, 0.15) is 5.83 Å². The maximum absolute atomic E-state index is 13.2. The molecule has 0 aromatic rings. The van der Waals surface area contributed by atoms with E-state index in [0.717, 1.165) is 13.0 Å². The lowest BCUT2D eigenvalue weighted by atomic mass is 9.90. The summed E-state index contributed by atoms with van der Waals surface area (Å²) in [4.78, 5) is 1.91. The Hall–Kier alpha value is -0.530. The van der Waals surface area contributed by atoms with E-state index in [-0.39, 0.29) is 11.7 Å². The van der Waals surface area contributed by atoms with Gasteiger partial charge in [-0.3, -0.25) is 0 Å². The molecule has 1 aliphatic heterocycles. The van der Waals surface area contributed by atoms with E-state index >= 15 is 0 Å². The van der Waals surface area contributed by atoms with Gasteiger partial charge >= 0.3 is 0 Å². The molecule has 0 fully saturated rings. The molecule has 11 heavy (non-hydrogen) atoms. The Kier molecular flexibility index (Phi) is 2.53. The van der Waals surface area contributed by atoms with E-state index in [1.165, 1.54) is 0 Å². The highest BCUT2D eigenvalue weighted by molar-refractivity contribution is 5.01. The van der Waals surface area contributed by atoms with Crippen LogP contribution in [0.2, 0.25) is 0 Å². The minimum atomic E-state index is 0.0498. The third-order valence-corrected chi connectivity index (χ3v) is 2.30. The van der Waals surface area contributed by atoms with Crippen molar-refractivity contribution in [2.24, 2.45) is 11.8 Å². The largest absolute Gasteiger partial charge is 0.378 e. The zero-order valence-corrected chi connectivity index (χ0v) is 7.47. The number of hydrogen-bond acceptors (Lipinski definition) is 1. The Morgan fingerprint density at radius 3 is 2.73 bits per heavy atom. The van der Waals surface area contributed by atoms with Gasteiger partial charge in [0.25, 0.3) is 0 Å². The minimum absolute atomic E-state index is 0.0498. The Balaban J connectivity index is 2.64. The predicted molar refractivity (Wildman–Crippen MR) is 44.8 cm³/mol. The van der Waals surface area contributed by atoms with E-state index in [0.29, 0.717) is 5.92 Å². The highest BCUT2D eigenvalue weighted by atomic mass is 19.1. The summed E-state index contributed by atoms with van der Waals surface area (Å²) in [5.74, 6) is 0.639. The van der Waals surface area contributed by atoms with Crippen LogP contribution in [0.4, 0.5) is 4.39 Å². The van der Waals surface area contributed by atoms with Crippen LogP contribution in [0.15, 0.2) is 12.0 Å². The van der Waals surface area contributed by atoms with Crippen LogP contribution >= 0.6 is 0 Å². The first-order valence-corrected chi connectivity index (χ1v) is 4.18. The van der Waals surface area contributed by atoms with E-state index < -0.39 is 0 Å². The average Bonchev–Trinajstić information content (AvgIpc) is 1.85. The van der Waals surface area contributed by atoms with Crippen molar-refractivity contribution in [2.75, 3.05) is 13.6 Å². The van der Waals surface area contributed by atoms with Crippen LogP contribution < -0.4 is 0 Å². The Morgan fingerprint density at radius 1 is 1.64 bits per heavy atom. The monoisotopic (exact) mass is 157 g/mol. The van der Waals surface area contributed by atoms with Crippen LogP contribution in [0.1, 0.15) is 20.3 Å². The molecule has 0 amide bonds. The molecule has 0 saturated heterocycles. The zero-order chi connectivity index (χ0) is 8.43. The Labute approximate surface area is 67.9 Å². The third-order valence-electron chi connectivity index (χ3n) is 2.30. The van der Waals surface area contributed by atoms with E-state index in [2.05, 4.69) is 13.8 Å². The van der Waals surface area contributed by atoms with Crippen molar-refractivity contribution in [3.63, 3.8) is 0 Å². The lowest BCUT2D eigenvalue weighted by molar-refractivity contribution is 0.266. The fourth-order valence-corrected chi connectivity index (χ4v) is 1.50. The van der Waals surface area contributed by atoms with Crippen LogP contribution in [-0.4, -0.2) is 18.5 Å². The number of hydrogen-bond donors (Lipinski definition) is 0. The smallest absolute Gasteiger partial charge is 0.119 e. The van der Waals surface area contributed by atoms with Gasteiger partial charge in [0, 0.05) is 25.7 Å². The molecule has 0 aromatic carbocycles. The van der Waals surface area contributed by atoms with Gasteiger partial charge in [0.2, 0.25) is 0 Å². The van der Waals surface area contributed by atoms with Crippen LogP contribution in [0.5, 0.6) is 0 Å². The molecule has 1 rings (SSSR count). The van der Waals surface area contributed by atoms with Crippen molar-refractivity contribution in [2.45, 2.75) is 20.3 Å². The maximum Gasteiger partial charge on any atom is 0.119 e. The molecular weight excluding hydrogens is 141 g/mol. The van der Waals surface area contributed by atoms with Gasteiger partial charge < -0.3 is 4.90 Å². The number of nitrogens with zero attached hydrogens (tertiary/aromatic N) is 1. The predicted octanol–water partition coefficient (Wildman–Crippen LogP) is 2.41. The number of halogens is 1. The summed E-state index contributed by atoms with van der Waals surface area (Å²) in [6.45, 7) is 5.13. The summed E-state index contributed by atoms with van der Waals surface area (Å²) in [7, 11) is 1.91. The summed E-state index contributed by atoms with van der Waals surface area (Å²) in [6.07, 6.45) is 2.57. The zero-order valence-electron chi connectivity index (χ0n) is 7.47. The van der Waals surface area contributed by atoms with Crippen molar-refractivity contribution in [1.29, 1.82) is 0 Å². The molecule has 0 spiro atoms. The molecular formula is C9H16FN. The first-order chi connectivity index (χ1) is 5.11. The van der Waals surface area contributed by atoms with Crippen LogP contribution in [-0.2, 0) is 0 Å². The molecule has 0 aliphatic carbocycles. The molecule has 1 nitrogen and oxygen atoms in total. The Morgan fingerprint density at radius 2 is 2.27 bits per heavy atom. The van der Waals surface area contributed by atoms with Gasteiger partial charge in [0.05, 0.1) is 0 Å². The fraction of sp³-hybridized carbons (Fsp3) is 0.778. The molecule has 1 heterocycles. The second-order valence-electron chi connectivity index (χ2n) is 3.63. The quantitative estimate of drug-likeness (QED) is 0.565. The normalized spacial score (nSPS) is 25.7. The lowest BCUT2D eigenvalue weighted by Gasteiger charge is -2.28. The topological polar surface area (TPSA) is 3.24 Å². The summed E-state index contributed by atoms with van der Waals surface area (Å²) in [5, 5.41) is 0. The van der Waals surface area contributed by atoms with Crippen LogP contribution in [0, 0.1) is 11.8 Å². The fourth-order valence-electron chi connectivity index (χ4n) is 1.50. The van der Waals surface area contributed by atoms with Crippen LogP contribution in [0.3, 0.4) is 0 Å². The summed E-state index contributed by atoms with van der Waals surface area (Å²) in [5.41, 5.74) is 0. The molecule has 1 atom stereocenters. The standard InChI is InChI=1S/C9H16FN/c1-7(2)8-4-5-11(3)6-9(8)10/h6-8H,4-5H2,1-3H3. The number of allylic oxidation sites excluding steroid dienone is 1. The Bertz CT molecular complexity index is 163. The second kappa shape index (κ2) is 3.24. The molecule has 2 heteroatoms. The summed E-state index contributed by atoms with van der Waals surface area (Å²) < 4.78 is 13.2. The highest BCUT2D eigenvalue weighted by Crippen LogP contribution is 2.28. The van der Waals surface area contributed by atoms with Gasteiger partial charge in [-0.05, 0) is 12.3 Å². The molecule has 0 saturated carbocycles. The van der Waals surface area contributed by atoms with Crippen LogP contribution in [0.25, 0.3) is 0 Å². The van der Waals surface area contributed by atoms with Crippen molar-refractivity contribution < 1.29 is 4.39 Å². The summed E-state index contributed by atoms with van der Waals surface area (Å²) in [6, 6.07) is 0. The van der Waals surface area contributed by atoms with Gasteiger partial charge in [0.15, 0.2) is 0 Å². The molecule has 1 unspecified atom stereocenters.